The quantitative estimate of drug-likeness (QED) is 0.855. The van der Waals surface area contributed by atoms with Crippen LogP contribution in [0.5, 0.6) is 5.75 Å². The maximum Gasteiger partial charge on any atom is 0.221 e. The van der Waals surface area contributed by atoms with Crippen molar-refractivity contribution in [3.8, 4) is 5.75 Å². The fraction of sp³-hybridized carbons (Fsp3) is 0.500. The molecule has 19 heavy (non-hydrogen) atoms. The minimum Gasteiger partial charge on any atom is -0.494 e. The highest BCUT2D eigenvalue weighted by atomic mass is 16.5. The second kappa shape index (κ2) is 5.48. The van der Waals surface area contributed by atoms with Gasteiger partial charge in [0.2, 0.25) is 5.91 Å². The molecule has 1 saturated heterocycles. The third kappa shape index (κ3) is 3.38. The predicted molar refractivity (Wildman–Crippen MR) is 74.7 cm³/mol. The Morgan fingerprint density at radius 3 is 2.74 bits per heavy atom. The highest BCUT2D eigenvalue weighted by Crippen LogP contribution is 2.30. The van der Waals surface area contributed by atoms with Crippen LogP contribution in [-0.2, 0) is 9.53 Å². The number of methoxy groups -OCH3 is 1. The number of carbonyl (C=O) groups excluding carboxylic acids is 1. The van der Waals surface area contributed by atoms with Gasteiger partial charge in [-0.1, -0.05) is 6.92 Å². The Morgan fingerprint density at radius 1 is 1.47 bits per heavy atom. The van der Waals surface area contributed by atoms with Crippen molar-refractivity contribution in [1.29, 1.82) is 0 Å². The van der Waals surface area contributed by atoms with Crippen molar-refractivity contribution in [2.75, 3.05) is 37.5 Å². The molecule has 2 N–H and O–H groups in total. The lowest BCUT2D eigenvalue weighted by atomic mass is 9.89. The average Bonchev–Trinajstić information content (AvgIpc) is 2.34. The van der Waals surface area contributed by atoms with Crippen molar-refractivity contribution in [3.63, 3.8) is 0 Å². The number of amides is 1. The molecule has 1 aliphatic rings. The molecule has 1 amide bonds. The van der Waals surface area contributed by atoms with Gasteiger partial charge >= 0.3 is 0 Å². The lowest BCUT2D eigenvalue weighted by Crippen LogP contribution is -2.45. The number of carbonyl (C=O) groups is 1. The second-order valence-corrected chi connectivity index (χ2v) is 5.25. The van der Waals surface area contributed by atoms with E-state index in [-0.39, 0.29) is 11.3 Å². The van der Waals surface area contributed by atoms with E-state index in [4.69, 9.17) is 9.47 Å². The van der Waals surface area contributed by atoms with Crippen LogP contribution in [0.15, 0.2) is 18.2 Å². The van der Waals surface area contributed by atoms with Crippen LogP contribution in [0.3, 0.4) is 0 Å². The van der Waals surface area contributed by atoms with Crippen LogP contribution in [0.1, 0.15) is 13.8 Å². The van der Waals surface area contributed by atoms with Crippen LogP contribution in [0.4, 0.5) is 11.4 Å². The highest BCUT2D eigenvalue weighted by Gasteiger charge is 2.32. The molecule has 1 aromatic rings. The molecule has 104 valence electrons. The average molecular weight is 264 g/mol. The van der Waals surface area contributed by atoms with Crippen LogP contribution in [0.25, 0.3) is 0 Å². The number of anilines is 2. The molecule has 1 heterocycles. The van der Waals surface area contributed by atoms with Gasteiger partial charge in [-0.3, -0.25) is 4.79 Å². The van der Waals surface area contributed by atoms with Crippen molar-refractivity contribution < 1.29 is 14.3 Å². The molecule has 0 atom stereocenters. The molecule has 0 saturated carbocycles. The van der Waals surface area contributed by atoms with Crippen molar-refractivity contribution >= 4 is 17.3 Å². The zero-order chi connectivity index (χ0) is 13.9. The summed E-state index contributed by atoms with van der Waals surface area (Å²) in [6.07, 6.45) is 0. The molecule has 1 fully saturated rings. The van der Waals surface area contributed by atoms with E-state index >= 15 is 0 Å². The molecule has 0 aromatic heterocycles. The number of ether oxygens (including phenoxy) is 2. The maximum atomic E-state index is 11.1. The Morgan fingerprint density at radius 2 is 2.21 bits per heavy atom. The Hall–Kier alpha value is -1.75. The molecule has 1 aliphatic heterocycles. The molecule has 0 aliphatic carbocycles. The van der Waals surface area contributed by atoms with E-state index in [0.29, 0.717) is 11.4 Å². The van der Waals surface area contributed by atoms with Crippen molar-refractivity contribution in [1.82, 2.24) is 0 Å². The lowest BCUT2D eigenvalue weighted by Gasteiger charge is -2.38. The molecule has 5 heteroatoms. The normalized spacial score (nSPS) is 16.4. The topological polar surface area (TPSA) is 59.6 Å². The van der Waals surface area contributed by atoms with Gasteiger partial charge in [-0.05, 0) is 12.1 Å². The predicted octanol–water partition coefficient (Wildman–Crippen LogP) is 2.10. The molecule has 2 rings (SSSR count). The number of nitrogens with one attached hydrogen (secondary N) is 2. The summed E-state index contributed by atoms with van der Waals surface area (Å²) in [6.45, 7) is 6.10. The van der Waals surface area contributed by atoms with Gasteiger partial charge in [0.05, 0.1) is 26.0 Å². The lowest BCUT2D eigenvalue weighted by molar-refractivity contribution is -0.114. The second-order valence-electron chi connectivity index (χ2n) is 5.25. The van der Waals surface area contributed by atoms with Crippen LogP contribution in [-0.4, -0.2) is 32.8 Å². The van der Waals surface area contributed by atoms with E-state index in [1.165, 1.54) is 6.92 Å². The first-order chi connectivity index (χ1) is 9.02. The van der Waals surface area contributed by atoms with Crippen LogP contribution in [0, 0.1) is 5.41 Å². The highest BCUT2D eigenvalue weighted by molar-refractivity contribution is 5.90. The van der Waals surface area contributed by atoms with Crippen molar-refractivity contribution in [2.45, 2.75) is 13.8 Å². The van der Waals surface area contributed by atoms with Gasteiger partial charge in [0.25, 0.3) is 0 Å². The molecule has 0 unspecified atom stereocenters. The summed E-state index contributed by atoms with van der Waals surface area (Å²) in [5.41, 5.74) is 1.86. The molecule has 0 bridgehead atoms. The molecule has 0 radical (unpaired) electrons. The van der Waals surface area contributed by atoms with Gasteiger partial charge in [-0.2, -0.15) is 0 Å². The maximum absolute atomic E-state index is 11.1. The first kappa shape index (κ1) is 13.7. The van der Waals surface area contributed by atoms with Gasteiger partial charge in [0.1, 0.15) is 5.75 Å². The van der Waals surface area contributed by atoms with Crippen LogP contribution < -0.4 is 15.4 Å². The summed E-state index contributed by atoms with van der Waals surface area (Å²) in [5.74, 6) is 0.536. The summed E-state index contributed by atoms with van der Waals surface area (Å²) >= 11 is 0. The fourth-order valence-corrected chi connectivity index (χ4v) is 1.96. The minimum absolute atomic E-state index is 0.113. The number of hydrogen-bond acceptors (Lipinski definition) is 4. The van der Waals surface area contributed by atoms with Gasteiger partial charge < -0.3 is 20.1 Å². The summed E-state index contributed by atoms with van der Waals surface area (Å²) in [5, 5.41) is 6.10. The van der Waals surface area contributed by atoms with Crippen LogP contribution in [0.2, 0.25) is 0 Å². The Labute approximate surface area is 113 Å². The third-order valence-corrected chi connectivity index (χ3v) is 3.13. The molecule has 5 nitrogen and oxygen atoms in total. The molecular weight excluding hydrogens is 244 g/mol. The SMILES string of the molecule is COc1cc(NCC2(C)COC2)ccc1NC(C)=O. The minimum atomic E-state index is -0.113. The van der Waals surface area contributed by atoms with E-state index in [9.17, 15) is 4.79 Å². The molecule has 1 aromatic carbocycles. The van der Waals surface area contributed by atoms with E-state index in [1.807, 2.05) is 18.2 Å². The summed E-state index contributed by atoms with van der Waals surface area (Å²) in [6, 6.07) is 5.65. The first-order valence-corrected chi connectivity index (χ1v) is 6.30. The van der Waals surface area contributed by atoms with Gasteiger partial charge in [0, 0.05) is 30.6 Å². The molecule has 0 spiro atoms. The Bertz CT molecular complexity index is 470. The largest absolute Gasteiger partial charge is 0.494 e. The first-order valence-electron chi connectivity index (χ1n) is 6.30. The van der Waals surface area contributed by atoms with Gasteiger partial charge in [0.15, 0.2) is 0 Å². The Kier molecular flexibility index (Phi) is 3.95. The summed E-state index contributed by atoms with van der Waals surface area (Å²) in [7, 11) is 1.59. The number of benzene rings is 1. The van der Waals surface area contributed by atoms with E-state index in [1.54, 1.807) is 7.11 Å². The number of rotatable bonds is 5. The zero-order valence-corrected chi connectivity index (χ0v) is 11.6. The van der Waals surface area contributed by atoms with E-state index < -0.39 is 0 Å². The third-order valence-electron chi connectivity index (χ3n) is 3.13. The number of hydrogen-bond donors (Lipinski definition) is 2. The van der Waals surface area contributed by atoms with Crippen LogP contribution >= 0.6 is 0 Å². The summed E-state index contributed by atoms with van der Waals surface area (Å²) in [4.78, 5) is 11.1. The standard InChI is InChI=1S/C14H20N2O3/c1-10(17)16-12-5-4-11(6-13(12)18-3)15-7-14(2)8-19-9-14/h4-6,15H,7-9H2,1-3H3,(H,16,17). The van der Waals surface area contributed by atoms with E-state index in [2.05, 4.69) is 17.6 Å². The van der Waals surface area contributed by atoms with Gasteiger partial charge in [-0.15, -0.1) is 0 Å². The van der Waals surface area contributed by atoms with Gasteiger partial charge in [-0.25, -0.2) is 0 Å². The van der Waals surface area contributed by atoms with E-state index in [0.717, 1.165) is 25.4 Å². The summed E-state index contributed by atoms with van der Waals surface area (Å²) < 4.78 is 10.5. The monoisotopic (exact) mass is 264 g/mol. The van der Waals surface area contributed by atoms with Crippen molar-refractivity contribution in [2.24, 2.45) is 5.41 Å². The molecular formula is C14H20N2O3. The van der Waals surface area contributed by atoms with Crippen molar-refractivity contribution in [3.05, 3.63) is 18.2 Å². The zero-order valence-electron chi connectivity index (χ0n) is 11.6. The smallest absolute Gasteiger partial charge is 0.221 e. The Balaban J connectivity index is 2.03. The fourth-order valence-electron chi connectivity index (χ4n) is 1.96.